The van der Waals surface area contributed by atoms with Gasteiger partial charge in [0, 0.05) is 55.8 Å². The maximum absolute atomic E-state index is 5.67. The fourth-order valence-corrected chi connectivity index (χ4v) is 3.88. The predicted molar refractivity (Wildman–Crippen MR) is 127 cm³/mol. The summed E-state index contributed by atoms with van der Waals surface area (Å²) >= 11 is 0. The van der Waals surface area contributed by atoms with Crippen molar-refractivity contribution in [2.45, 2.75) is 13.8 Å². The average molecular weight is 435 g/mol. The quantitative estimate of drug-likeness (QED) is 0.524. The molecule has 7 nitrogen and oxygen atoms in total. The molecule has 1 fully saturated rings. The van der Waals surface area contributed by atoms with Gasteiger partial charge in [0.05, 0.1) is 31.7 Å². The largest absolute Gasteiger partial charge is 0.497 e. The van der Waals surface area contributed by atoms with Crippen LogP contribution in [0, 0.1) is 0 Å². The molecule has 4 rings (SSSR count). The molecule has 0 aliphatic carbocycles. The Morgan fingerprint density at radius 2 is 1.44 bits per heavy atom. The van der Waals surface area contributed by atoms with Crippen molar-refractivity contribution in [1.82, 2.24) is 9.97 Å². The summed E-state index contributed by atoms with van der Waals surface area (Å²) in [4.78, 5) is 14.0. The maximum atomic E-state index is 5.67. The highest BCUT2D eigenvalue weighted by atomic mass is 16.5. The lowest BCUT2D eigenvalue weighted by molar-refractivity contribution is 0.326. The Kier molecular flexibility index (Phi) is 6.94. The standard InChI is InChI=1S/C25H30N4O3/c1-4-31-23-12-6-19(18-26-23)25-22(11-13-24(27-25)32-5-2)29-16-14-28(15-17-29)20-7-9-21(30-3)10-8-20/h6-13,18H,4-5,14-17H2,1-3H3. The van der Waals surface area contributed by atoms with Gasteiger partial charge in [0.2, 0.25) is 11.8 Å². The second-order valence-electron chi connectivity index (χ2n) is 7.44. The molecule has 0 N–H and O–H groups in total. The van der Waals surface area contributed by atoms with Gasteiger partial charge in [-0.05, 0) is 50.2 Å². The lowest BCUT2D eigenvalue weighted by atomic mass is 10.1. The topological polar surface area (TPSA) is 60.0 Å². The molecule has 7 heteroatoms. The molecule has 3 heterocycles. The Bertz CT molecular complexity index is 1000. The summed E-state index contributed by atoms with van der Waals surface area (Å²) in [5.74, 6) is 2.12. The number of methoxy groups -OCH3 is 1. The smallest absolute Gasteiger partial charge is 0.213 e. The molecule has 3 aromatic rings. The van der Waals surface area contributed by atoms with Crippen LogP contribution >= 0.6 is 0 Å². The molecule has 0 saturated carbocycles. The zero-order valence-electron chi connectivity index (χ0n) is 19.0. The zero-order chi connectivity index (χ0) is 22.3. The van der Waals surface area contributed by atoms with Crippen molar-refractivity contribution in [3.8, 4) is 28.8 Å². The van der Waals surface area contributed by atoms with Crippen LogP contribution in [0.15, 0.2) is 54.7 Å². The molecule has 1 aliphatic rings. The lowest BCUT2D eigenvalue weighted by Gasteiger charge is -2.38. The van der Waals surface area contributed by atoms with Gasteiger partial charge in [-0.15, -0.1) is 0 Å². The molecule has 2 aromatic heterocycles. The highest BCUT2D eigenvalue weighted by Gasteiger charge is 2.21. The van der Waals surface area contributed by atoms with E-state index in [0.717, 1.165) is 48.9 Å². The summed E-state index contributed by atoms with van der Waals surface area (Å²) in [6, 6.07) is 16.2. The number of anilines is 2. The van der Waals surface area contributed by atoms with Crippen molar-refractivity contribution in [1.29, 1.82) is 0 Å². The molecule has 1 aromatic carbocycles. The van der Waals surface area contributed by atoms with Gasteiger partial charge in [-0.2, -0.15) is 0 Å². The van der Waals surface area contributed by atoms with Crippen LogP contribution in [-0.4, -0.2) is 56.5 Å². The van der Waals surface area contributed by atoms with Crippen LogP contribution in [0.2, 0.25) is 0 Å². The summed E-state index contributed by atoms with van der Waals surface area (Å²) in [6.45, 7) is 8.75. The third-order valence-electron chi connectivity index (χ3n) is 5.50. The Morgan fingerprint density at radius 1 is 0.781 bits per heavy atom. The minimum Gasteiger partial charge on any atom is -0.497 e. The van der Waals surface area contributed by atoms with Gasteiger partial charge in [-0.3, -0.25) is 0 Å². The van der Waals surface area contributed by atoms with E-state index in [1.165, 1.54) is 5.69 Å². The molecule has 0 bridgehead atoms. The van der Waals surface area contributed by atoms with Crippen LogP contribution in [0.4, 0.5) is 11.4 Å². The highest BCUT2D eigenvalue weighted by Crippen LogP contribution is 2.33. The van der Waals surface area contributed by atoms with Gasteiger partial charge in [0.1, 0.15) is 5.75 Å². The van der Waals surface area contributed by atoms with Crippen LogP contribution in [0.3, 0.4) is 0 Å². The number of rotatable bonds is 8. The fraction of sp³-hybridized carbons (Fsp3) is 0.360. The Hall–Kier alpha value is -3.48. The molecule has 1 saturated heterocycles. The summed E-state index contributed by atoms with van der Waals surface area (Å²) < 4.78 is 16.4. The number of piperazine rings is 1. The average Bonchev–Trinajstić information content (AvgIpc) is 2.85. The predicted octanol–water partition coefficient (Wildman–Crippen LogP) is 4.28. The van der Waals surface area contributed by atoms with E-state index < -0.39 is 0 Å². The Balaban J connectivity index is 1.55. The second-order valence-corrected chi connectivity index (χ2v) is 7.44. The third kappa shape index (κ3) is 4.88. The van der Waals surface area contributed by atoms with E-state index in [9.17, 15) is 0 Å². The maximum Gasteiger partial charge on any atom is 0.213 e. The normalized spacial score (nSPS) is 13.7. The minimum atomic E-state index is 0.577. The first-order valence-electron chi connectivity index (χ1n) is 11.1. The molecule has 0 unspecified atom stereocenters. The van der Waals surface area contributed by atoms with Gasteiger partial charge in [0.25, 0.3) is 0 Å². The van der Waals surface area contributed by atoms with E-state index in [0.29, 0.717) is 25.0 Å². The molecule has 0 atom stereocenters. The number of nitrogens with zero attached hydrogens (tertiary/aromatic N) is 4. The van der Waals surface area contributed by atoms with Gasteiger partial charge in [-0.1, -0.05) is 0 Å². The van der Waals surface area contributed by atoms with Crippen molar-refractivity contribution in [3.05, 3.63) is 54.7 Å². The SMILES string of the molecule is CCOc1ccc(-c2nc(OCC)ccc2N2CCN(c3ccc(OC)cc3)CC2)cn1. The molecule has 0 amide bonds. The van der Waals surface area contributed by atoms with E-state index in [2.05, 4.69) is 33.0 Å². The van der Waals surface area contributed by atoms with Crippen molar-refractivity contribution in [2.75, 3.05) is 56.3 Å². The first kappa shape index (κ1) is 21.7. The van der Waals surface area contributed by atoms with Gasteiger partial charge >= 0.3 is 0 Å². The number of hydrogen-bond donors (Lipinski definition) is 0. The van der Waals surface area contributed by atoms with Crippen LogP contribution < -0.4 is 24.0 Å². The second kappa shape index (κ2) is 10.2. The minimum absolute atomic E-state index is 0.577. The summed E-state index contributed by atoms with van der Waals surface area (Å²) in [5.41, 5.74) is 4.13. The summed E-state index contributed by atoms with van der Waals surface area (Å²) in [5, 5.41) is 0. The van der Waals surface area contributed by atoms with Crippen molar-refractivity contribution >= 4 is 11.4 Å². The molecule has 32 heavy (non-hydrogen) atoms. The number of pyridine rings is 2. The number of aromatic nitrogens is 2. The fourth-order valence-electron chi connectivity index (χ4n) is 3.88. The molecular weight excluding hydrogens is 404 g/mol. The van der Waals surface area contributed by atoms with Crippen LogP contribution in [-0.2, 0) is 0 Å². The monoisotopic (exact) mass is 434 g/mol. The zero-order valence-corrected chi connectivity index (χ0v) is 19.0. The number of ether oxygens (including phenoxy) is 3. The lowest BCUT2D eigenvalue weighted by Crippen LogP contribution is -2.46. The van der Waals surface area contributed by atoms with E-state index in [4.69, 9.17) is 19.2 Å². The summed E-state index contributed by atoms with van der Waals surface area (Å²) in [6.07, 6.45) is 1.82. The van der Waals surface area contributed by atoms with Crippen LogP contribution in [0.1, 0.15) is 13.8 Å². The van der Waals surface area contributed by atoms with Gasteiger partial charge < -0.3 is 24.0 Å². The molecule has 0 radical (unpaired) electrons. The first-order chi connectivity index (χ1) is 15.7. The van der Waals surface area contributed by atoms with Gasteiger partial charge in [0.15, 0.2) is 0 Å². The van der Waals surface area contributed by atoms with Crippen LogP contribution in [0.5, 0.6) is 17.5 Å². The first-order valence-corrected chi connectivity index (χ1v) is 11.1. The Labute approximate surface area is 189 Å². The highest BCUT2D eigenvalue weighted by molar-refractivity contribution is 5.75. The molecular formula is C25H30N4O3. The van der Waals surface area contributed by atoms with Crippen molar-refractivity contribution < 1.29 is 14.2 Å². The van der Waals surface area contributed by atoms with Gasteiger partial charge in [-0.25, -0.2) is 9.97 Å². The molecule has 0 spiro atoms. The molecule has 168 valence electrons. The van der Waals surface area contributed by atoms with E-state index >= 15 is 0 Å². The molecule has 1 aliphatic heterocycles. The summed E-state index contributed by atoms with van der Waals surface area (Å²) in [7, 11) is 1.69. The van der Waals surface area contributed by atoms with Crippen molar-refractivity contribution in [3.63, 3.8) is 0 Å². The van der Waals surface area contributed by atoms with E-state index in [1.807, 2.05) is 50.4 Å². The number of benzene rings is 1. The van der Waals surface area contributed by atoms with E-state index in [1.54, 1.807) is 7.11 Å². The van der Waals surface area contributed by atoms with Crippen LogP contribution in [0.25, 0.3) is 11.3 Å². The number of hydrogen-bond acceptors (Lipinski definition) is 7. The van der Waals surface area contributed by atoms with E-state index in [-0.39, 0.29) is 0 Å². The third-order valence-corrected chi connectivity index (χ3v) is 5.50. The van der Waals surface area contributed by atoms with Crippen molar-refractivity contribution in [2.24, 2.45) is 0 Å². The Morgan fingerprint density at radius 3 is 2.06 bits per heavy atom.